The molecular weight excluding hydrogens is 248 g/mol. The van der Waals surface area contributed by atoms with Crippen LogP contribution in [0.4, 0.5) is 0 Å². The summed E-state index contributed by atoms with van der Waals surface area (Å²) in [5.74, 6) is 0.459. The molecule has 1 fully saturated rings. The third-order valence-corrected chi connectivity index (χ3v) is 4.05. The van der Waals surface area contributed by atoms with Gasteiger partial charge >= 0.3 is 0 Å². The Kier molecular flexibility index (Phi) is 4.25. The van der Waals surface area contributed by atoms with Crippen molar-refractivity contribution in [1.82, 2.24) is 4.90 Å². The van der Waals surface area contributed by atoms with Crippen molar-refractivity contribution in [3.8, 4) is 0 Å². The summed E-state index contributed by atoms with van der Waals surface area (Å²) in [6, 6.07) is 7.36. The summed E-state index contributed by atoms with van der Waals surface area (Å²) in [6.45, 7) is 0.651. The lowest BCUT2D eigenvalue weighted by molar-refractivity contribution is 0.0700. The number of hydrogen-bond acceptors (Lipinski definition) is 2. The summed E-state index contributed by atoms with van der Waals surface area (Å²) in [6.07, 6.45) is 3.32. The van der Waals surface area contributed by atoms with Crippen LogP contribution < -0.4 is 5.73 Å². The van der Waals surface area contributed by atoms with Crippen molar-refractivity contribution in [1.29, 1.82) is 0 Å². The monoisotopic (exact) mass is 266 g/mol. The molecule has 0 aliphatic heterocycles. The number of halogens is 1. The van der Waals surface area contributed by atoms with Crippen LogP contribution in [0.1, 0.15) is 29.6 Å². The maximum absolute atomic E-state index is 12.4. The largest absolute Gasteiger partial charge is 0.338 e. The smallest absolute Gasteiger partial charge is 0.253 e. The molecule has 1 amide bonds. The Morgan fingerprint density at radius 2 is 2.28 bits per heavy atom. The van der Waals surface area contributed by atoms with Crippen molar-refractivity contribution < 1.29 is 4.79 Å². The van der Waals surface area contributed by atoms with Gasteiger partial charge in [-0.05, 0) is 43.5 Å². The normalized spacial score (nSPS) is 23.1. The SMILES string of the molecule is CN(C(=O)c1cccc(Cl)c1)C1CCCC1CN. The zero-order chi connectivity index (χ0) is 13.1. The van der Waals surface area contributed by atoms with Crippen LogP contribution >= 0.6 is 11.6 Å². The molecule has 4 heteroatoms. The minimum Gasteiger partial charge on any atom is -0.338 e. The van der Waals surface area contributed by atoms with E-state index in [1.54, 1.807) is 24.3 Å². The van der Waals surface area contributed by atoms with Gasteiger partial charge in [0.2, 0.25) is 0 Å². The average molecular weight is 267 g/mol. The molecule has 98 valence electrons. The summed E-state index contributed by atoms with van der Waals surface area (Å²) >= 11 is 5.92. The Morgan fingerprint density at radius 1 is 1.50 bits per heavy atom. The van der Waals surface area contributed by atoms with Gasteiger partial charge in [0.25, 0.3) is 5.91 Å². The number of nitrogens with two attached hydrogens (primary N) is 1. The van der Waals surface area contributed by atoms with E-state index in [1.165, 1.54) is 0 Å². The van der Waals surface area contributed by atoms with E-state index >= 15 is 0 Å². The standard InChI is InChI=1S/C14H19ClN2O/c1-17(13-7-3-5-11(13)9-16)14(18)10-4-2-6-12(15)8-10/h2,4,6,8,11,13H,3,5,7,9,16H2,1H3. The Balaban J connectivity index is 2.13. The molecule has 0 radical (unpaired) electrons. The van der Waals surface area contributed by atoms with Gasteiger partial charge in [0.05, 0.1) is 0 Å². The van der Waals surface area contributed by atoms with Crippen LogP contribution in [0.15, 0.2) is 24.3 Å². The molecule has 1 aliphatic rings. The maximum atomic E-state index is 12.4. The van der Waals surface area contributed by atoms with Crippen molar-refractivity contribution in [2.45, 2.75) is 25.3 Å². The number of carbonyl (C=O) groups is 1. The first-order chi connectivity index (χ1) is 8.63. The fourth-order valence-corrected chi connectivity index (χ4v) is 2.97. The van der Waals surface area contributed by atoms with Gasteiger partial charge in [0.1, 0.15) is 0 Å². The Bertz CT molecular complexity index is 436. The molecular formula is C14H19ClN2O. The molecule has 2 rings (SSSR count). The fourth-order valence-electron chi connectivity index (χ4n) is 2.78. The maximum Gasteiger partial charge on any atom is 0.253 e. The molecule has 0 heterocycles. The Labute approximate surface area is 113 Å². The lowest BCUT2D eigenvalue weighted by Crippen LogP contribution is -2.41. The van der Waals surface area contributed by atoms with Crippen LogP contribution in [0.3, 0.4) is 0 Å². The second kappa shape index (κ2) is 5.72. The zero-order valence-corrected chi connectivity index (χ0v) is 11.4. The second-order valence-electron chi connectivity index (χ2n) is 4.92. The fraction of sp³-hybridized carbons (Fsp3) is 0.500. The second-order valence-corrected chi connectivity index (χ2v) is 5.36. The summed E-state index contributed by atoms with van der Waals surface area (Å²) in [5, 5.41) is 0.594. The molecule has 18 heavy (non-hydrogen) atoms. The Hall–Kier alpha value is -1.06. The summed E-state index contributed by atoms with van der Waals surface area (Å²) in [7, 11) is 1.86. The molecule has 2 N–H and O–H groups in total. The summed E-state index contributed by atoms with van der Waals surface area (Å²) in [4.78, 5) is 14.2. The van der Waals surface area contributed by atoms with Crippen LogP contribution in [-0.4, -0.2) is 30.4 Å². The minimum absolute atomic E-state index is 0.0304. The number of hydrogen-bond donors (Lipinski definition) is 1. The minimum atomic E-state index is 0.0304. The first-order valence-corrected chi connectivity index (χ1v) is 6.74. The highest BCUT2D eigenvalue weighted by molar-refractivity contribution is 6.30. The Morgan fingerprint density at radius 3 is 2.94 bits per heavy atom. The van der Waals surface area contributed by atoms with Gasteiger partial charge in [-0.25, -0.2) is 0 Å². The lowest BCUT2D eigenvalue weighted by Gasteiger charge is -2.29. The molecule has 0 aromatic heterocycles. The molecule has 3 nitrogen and oxygen atoms in total. The topological polar surface area (TPSA) is 46.3 Å². The molecule has 1 aromatic rings. The van der Waals surface area contributed by atoms with Crippen LogP contribution in [0.25, 0.3) is 0 Å². The highest BCUT2D eigenvalue weighted by Gasteiger charge is 2.32. The lowest BCUT2D eigenvalue weighted by atomic mass is 10.0. The van der Waals surface area contributed by atoms with E-state index in [-0.39, 0.29) is 11.9 Å². The van der Waals surface area contributed by atoms with Crippen LogP contribution in [0, 0.1) is 5.92 Å². The van der Waals surface area contributed by atoms with E-state index in [0.717, 1.165) is 19.3 Å². The van der Waals surface area contributed by atoms with E-state index in [9.17, 15) is 4.79 Å². The van der Waals surface area contributed by atoms with Crippen molar-refractivity contribution in [2.24, 2.45) is 11.7 Å². The van der Waals surface area contributed by atoms with Crippen molar-refractivity contribution >= 4 is 17.5 Å². The van der Waals surface area contributed by atoms with Crippen molar-refractivity contribution in [2.75, 3.05) is 13.6 Å². The van der Waals surface area contributed by atoms with Crippen LogP contribution in [0.2, 0.25) is 5.02 Å². The number of rotatable bonds is 3. The zero-order valence-electron chi connectivity index (χ0n) is 10.6. The number of amides is 1. The van der Waals surface area contributed by atoms with Gasteiger partial charge in [-0.1, -0.05) is 24.1 Å². The van der Waals surface area contributed by atoms with Gasteiger partial charge < -0.3 is 10.6 Å². The molecule has 0 spiro atoms. The molecule has 2 atom stereocenters. The van der Waals surface area contributed by atoms with E-state index in [0.29, 0.717) is 23.0 Å². The summed E-state index contributed by atoms with van der Waals surface area (Å²) in [5.41, 5.74) is 6.41. The third-order valence-electron chi connectivity index (χ3n) is 3.81. The highest BCUT2D eigenvalue weighted by atomic mass is 35.5. The predicted molar refractivity (Wildman–Crippen MR) is 73.7 cm³/mol. The quantitative estimate of drug-likeness (QED) is 0.914. The molecule has 2 unspecified atom stereocenters. The van der Waals surface area contributed by atoms with Gasteiger partial charge in [0.15, 0.2) is 0 Å². The molecule has 1 aromatic carbocycles. The first kappa shape index (κ1) is 13.4. The third kappa shape index (κ3) is 2.68. The van der Waals surface area contributed by atoms with E-state index in [1.807, 2.05) is 11.9 Å². The van der Waals surface area contributed by atoms with Crippen molar-refractivity contribution in [3.05, 3.63) is 34.9 Å². The van der Waals surface area contributed by atoms with Gasteiger partial charge in [-0.15, -0.1) is 0 Å². The van der Waals surface area contributed by atoms with E-state index in [4.69, 9.17) is 17.3 Å². The van der Waals surface area contributed by atoms with Gasteiger partial charge in [-0.2, -0.15) is 0 Å². The highest BCUT2D eigenvalue weighted by Crippen LogP contribution is 2.29. The van der Waals surface area contributed by atoms with E-state index < -0.39 is 0 Å². The first-order valence-electron chi connectivity index (χ1n) is 6.36. The molecule has 1 saturated carbocycles. The summed E-state index contributed by atoms with van der Waals surface area (Å²) < 4.78 is 0. The van der Waals surface area contributed by atoms with Gasteiger partial charge in [0, 0.05) is 23.7 Å². The van der Waals surface area contributed by atoms with Crippen LogP contribution in [0.5, 0.6) is 0 Å². The molecule has 0 bridgehead atoms. The molecule has 0 saturated heterocycles. The van der Waals surface area contributed by atoms with E-state index in [2.05, 4.69) is 0 Å². The number of benzene rings is 1. The predicted octanol–water partition coefficient (Wildman–Crippen LogP) is 2.54. The number of nitrogens with zero attached hydrogens (tertiary/aromatic N) is 1. The number of carbonyl (C=O) groups excluding carboxylic acids is 1. The molecule has 1 aliphatic carbocycles. The van der Waals surface area contributed by atoms with Crippen LogP contribution in [-0.2, 0) is 0 Å². The van der Waals surface area contributed by atoms with Gasteiger partial charge in [-0.3, -0.25) is 4.79 Å². The van der Waals surface area contributed by atoms with Crippen molar-refractivity contribution in [3.63, 3.8) is 0 Å². The average Bonchev–Trinajstić information content (AvgIpc) is 2.85.